The molecule has 0 aromatic carbocycles. The second-order valence-corrected chi connectivity index (χ2v) is 8.36. The molecule has 1 saturated heterocycles. The summed E-state index contributed by atoms with van der Waals surface area (Å²) in [5.74, 6) is 0.471. The minimum Gasteiger partial charge on any atom is -0.365 e. The van der Waals surface area contributed by atoms with Gasteiger partial charge in [-0.05, 0) is 44.6 Å². The third-order valence-corrected chi connectivity index (χ3v) is 6.70. The van der Waals surface area contributed by atoms with Gasteiger partial charge in [-0.1, -0.05) is 0 Å². The van der Waals surface area contributed by atoms with E-state index in [0.29, 0.717) is 12.5 Å². The van der Waals surface area contributed by atoms with Gasteiger partial charge in [-0.25, -0.2) is 4.98 Å². The minimum absolute atomic E-state index is 0.0817. The van der Waals surface area contributed by atoms with Gasteiger partial charge in [0.2, 0.25) is 5.91 Å². The Morgan fingerprint density at radius 2 is 2.23 bits per heavy atom. The number of piperidine rings is 1. The third kappa shape index (κ3) is 3.83. The first kappa shape index (κ1) is 17.7. The van der Waals surface area contributed by atoms with Gasteiger partial charge in [0.1, 0.15) is 6.61 Å². The van der Waals surface area contributed by atoms with Crippen molar-refractivity contribution in [1.82, 2.24) is 19.7 Å². The standard InChI is InChI=1S/C19H26N4O2S/c1-22-15(8-9-20-22)12-25-13-18(24)23-10-4-5-14(11-23)19-21-16-6-2-3-7-17(16)26-19/h8-9,14H,2-7,10-13H2,1H3. The van der Waals surface area contributed by atoms with Gasteiger partial charge in [-0.2, -0.15) is 5.10 Å². The molecule has 1 aliphatic heterocycles. The molecule has 0 bridgehead atoms. The number of aromatic nitrogens is 3. The largest absolute Gasteiger partial charge is 0.365 e. The minimum atomic E-state index is 0.0817. The van der Waals surface area contributed by atoms with Crippen LogP contribution in [0.4, 0.5) is 0 Å². The van der Waals surface area contributed by atoms with Crippen LogP contribution in [0.2, 0.25) is 0 Å². The molecule has 0 N–H and O–H groups in total. The van der Waals surface area contributed by atoms with E-state index in [-0.39, 0.29) is 12.5 Å². The molecule has 4 rings (SSSR count). The number of carbonyl (C=O) groups is 1. The van der Waals surface area contributed by atoms with Crippen molar-refractivity contribution in [2.45, 2.75) is 51.0 Å². The Morgan fingerprint density at radius 3 is 3.04 bits per heavy atom. The van der Waals surface area contributed by atoms with Gasteiger partial charge in [0.15, 0.2) is 0 Å². The summed E-state index contributed by atoms with van der Waals surface area (Å²) < 4.78 is 7.39. The highest BCUT2D eigenvalue weighted by atomic mass is 32.1. The SMILES string of the molecule is Cn1nccc1COCC(=O)N1CCCC(c2nc3c(s2)CCCC3)C1. The van der Waals surface area contributed by atoms with Gasteiger partial charge >= 0.3 is 0 Å². The maximum absolute atomic E-state index is 12.5. The molecule has 0 spiro atoms. The lowest BCUT2D eigenvalue weighted by molar-refractivity contribution is -0.137. The second kappa shape index (κ2) is 7.88. The van der Waals surface area contributed by atoms with Crippen LogP contribution < -0.4 is 0 Å². The van der Waals surface area contributed by atoms with Crippen LogP contribution in [0.5, 0.6) is 0 Å². The molecule has 2 aromatic rings. The van der Waals surface area contributed by atoms with Crippen LogP contribution >= 0.6 is 11.3 Å². The van der Waals surface area contributed by atoms with Gasteiger partial charge < -0.3 is 9.64 Å². The second-order valence-electron chi connectivity index (χ2n) is 7.25. The molecule has 1 atom stereocenters. The van der Waals surface area contributed by atoms with Crippen LogP contribution in [-0.2, 0) is 36.0 Å². The molecule has 1 unspecified atom stereocenters. The first-order valence-electron chi connectivity index (χ1n) is 9.51. The average molecular weight is 375 g/mol. The summed E-state index contributed by atoms with van der Waals surface area (Å²) in [7, 11) is 1.88. The number of aryl methyl sites for hydroxylation is 3. The number of rotatable bonds is 5. The van der Waals surface area contributed by atoms with E-state index in [2.05, 4.69) is 5.10 Å². The van der Waals surface area contributed by atoms with E-state index in [0.717, 1.165) is 38.0 Å². The fourth-order valence-corrected chi connectivity index (χ4v) is 5.11. The molecular weight excluding hydrogens is 348 g/mol. The third-order valence-electron chi connectivity index (χ3n) is 5.38. The van der Waals surface area contributed by atoms with Gasteiger partial charge in [0.05, 0.1) is 23.0 Å². The highest BCUT2D eigenvalue weighted by Gasteiger charge is 2.28. The summed E-state index contributed by atoms with van der Waals surface area (Å²) in [4.78, 5) is 20.9. The number of carbonyl (C=O) groups excluding carboxylic acids is 1. The van der Waals surface area contributed by atoms with Crippen molar-refractivity contribution in [3.8, 4) is 0 Å². The Kier molecular flexibility index (Phi) is 5.36. The van der Waals surface area contributed by atoms with E-state index in [9.17, 15) is 4.79 Å². The van der Waals surface area contributed by atoms with Crippen molar-refractivity contribution in [1.29, 1.82) is 0 Å². The van der Waals surface area contributed by atoms with E-state index in [1.54, 1.807) is 10.9 Å². The molecule has 1 amide bonds. The monoisotopic (exact) mass is 374 g/mol. The fraction of sp³-hybridized carbons (Fsp3) is 0.632. The lowest BCUT2D eigenvalue weighted by Gasteiger charge is -2.31. The average Bonchev–Trinajstić information content (AvgIpc) is 3.28. The molecule has 2 aromatic heterocycles. The number of amides is 1. The van der Waals surface area contributed by atoms with Crippen LogP contribution in [0, 0.1) is 0 Å². The predicted octanol–water partition coefficient (Wildman–Crippen LogP) is 2.68. The van der Waals surface area contributed by atoms with Gasteiger partial charge in [0.25, 0.3) is 0 Å². The number of likely N-dealkylation sites (tertiary alicyclic amines) is 1. The number of thiazole rings is 1. The van der Waals surface area contributed by atoms with Crippen LogP contribution in [0.1, 0.15) is 52.9 Å². The predicted molar refractivity (Wildman–Crippen MR) is 100 cm³/mol. The van der Waals surface area contributed by atoms with E-state index >= 15 is 0 Å². The number of ether oxygens (including phenoxy) is 1. The Labute approximate surface area is 158 Å². The van der Waals surface area contributed by atoms with Crippen molar-refractivity contribution in [3.63, 3.8) is 0 Å². The summed E-state index contributed by atoms with van der Waals surface area (Å²) in [5, 5.41) is 5.35. The maximum Gasteiger partial charge on any atom is 0.248 e. The molecule has 1 fully saturated rings. The van der Waals surface area contributed by atoms with Crippen LogP contribution in [-0.4, -0.2) is 45.3 Å². The molecule has 1 aliphatic carbocycles. The van der Waals surface area contributed by atoms with E-state index < -0.39 is 0 Å². The summed E-state index contributed by atoms with van der Waals surface area (Å²) in [6.45, 7) is 2.15. The number of hydrogen-bond acceptors (Lipinski definition) is 5. The zero-order chi connectivity index (χ0) is 17.9. The normalized spacial score (nSPS) is 20.2. The van der Waals surface area contributed by atoms with E-state index in [4.69, 9.17) is 9.72 Å². The quantitative estimate of drug-likeness (QED) is 0.807. The Hall–Kier alpha value is -1.73. The number of hydrogen-bond donors (Lipinski definition) is 0. The van der Waals surface area contributed by atoms with Crippen molar-refractivity contribution < 1.29 is 9.53 Å². The Balaban J connectivity index is 1.32. The maximum atomic E-state index is 12.5. The lowest BCUT2D eigenvalue weighted by Crippen LogP contribution is -2.41. The van der Waals surface area contributed by atoms with Gasteiger partial charge in [-0.3, -0.25) is 9.48 Å². The molecular formula is C19H26N4O2S. The summed E-state index contributed by atoms with van der Waals surface area (Å²) in [6, 6.07) is 1.91. The summed E-state index contributed by atoms with van der Waals surface area (Å²) in [6.07, 6.45) is 8.78. The van der Waals surface area contributed by atoms with E-state index in [1.807, 2.05) is 29.4 Å². The number of nitrogens with zero attached hydrogens (tertiary/aromatic N) is 4. The molecule has 3 heterocycles. The zero-order valence-corrected chi connectivity index (χ0v) is 16.1. The Morgan fingerprint density at radius 1 is 1.35 bits per heavy atom. The van der Waals surface area contributed by atoms with Gasteiger partial charge in [-0.15, -0.1) is 11.3 Å². The van der Waals surface area contributed by atoms with E-state index in [1.165, 1.54) is 34.8 Å². The van der Waals surface area contributed by atoms with Crippen LogP contribution in [0.15, 0.2) is 12.3 Å². The molecule has 0 radical (unpaired) electrons. The van der Waals surface area contributed by atoms with Crippen molar-refractivity contribution in [3.05, 3.63) is 33.5 Å². The molecule has 6 nitrogen and oxygen atoms in total. The summed E-state index contributed by atoms with van der Waals surface area (Å²) in [5.41, 5.74) is 2.29. The van der Waals surface area contributed by atoms with Crippen LogP contribution in [0.3, 0.4) is 0 Å². The molecule has 2 aliphatic rings. The highest BCUT2D eigenvalue weighted by Crippen LogP contribution is 2.34. The first-order valence-corrected chi connectivity index (χ1v) is 10.3. The Bertz CT molecular complexity index is 746. The first-order chi connectivity index (χ1) is 12.7. The summed E-state index contributed by atoms with van der Waals surface area (Å²) >= 11 is 1.88. The lowest BCUT2D eigenvalue weighted by atomic mass is 9.98. The molecule has 26 heavy (non-hydrogen) atoms. The smallest absolute Gasteiger partial charge is 0.248 e. The molecule has 7 heteroatoms. The zero-order valence-electron chi connectivity index (χ0n) is 15.3. The number of fused-ring (bicyclic) bond motifs is 1. The van der Waals surface area contributed by atoms with Crippen LogP contribution in [0.25, 0.3) is 0 Å². The highest BCUT2D eigenvalue weighted by molar-refractivity contribution is 7.11. The molecule has 140 valence electrons. The van der Waals surface area contributed by atoms with Crippen molar-refractivity contribution in [2.75, 3.05) is 19.7 Å². The van der Waals surface area contributed by atoms with Crippen molar-refractivity contribution >= 4 is 17.2 Å². The topological polar surface area (TPSA) is 60.3 Å². The van der Waals surface area contributed by atoms with Gasteiger partial charge in [0, 0.05) is 37.1 Å². The van der Waals surface area contributed by atoms with Crippen molar-refractivity contribution in [2.24, 2.45) is 7.05 Å². The fourth-order valence-electron chi connectivity index (χ4n) is 3.83. The molecule has 0 saturated carbocycles.